The number of hydrogen-bond acceptors (Lipinski definition) is 2. The fourth-order valence-electron chi connectivity index (χ4n) is 2.15. The van der Waals surface area contributed by atoms with Crippen molar-refractivity contribution in [3.05, 3.63) is 58.6 Å². The van der Waals surface area contributed by atoms with Crippen LogP contribution in [0.1, 0.15) is 11.1 Å². The molecule has 86 valence electrons. The molecule has 0 amide bonds. The van der Waals surface area contributed by atoms with E-state index >= 15 is 0 Å². The van der Waals surface area contributed by atoms with E-state index in [2.05, 4.69) is 41.7 Å². The molecule has 3 rings (SSSR count). The van der Waals surface area contributed by atoms with Crippen LogP contribution in [-0.2, 0) is 6.42 Å². The number of benzene rings is 2. The molecule has 0 spiro atoms. The zero-order chi connectivity index (χ0) is 11.8. The van der Waals surface area contributed by atoms with Gasteiger partial charge in [-0.3, -0.25) is 0 Å². The van der Waals surface area contributed by atoms with E-state index in [1.165, 1.54) is 21.7 Å². The summed E-state index contributed by atoms with van der Waals surface area (Å²) in [6, 6.07) is 14.6. The highest BCUT2D eigenvalue weighted by molar-refractivity contribution is 8.00. The van der Waals surface area contributed by atoms with Gasteiger partial charge in [0.2, 0.25) is 0 Å². The van der Waals surface area contributed by atoms with E-state index in [4.69, 9.17) is 11.6 Å². The third kappa shape index (κ3) is 1.92. The molecule has 1 nitrogen and oxygen atoms in total. The lowest BCUT2D eigenvalue weighted by molar-refractivity contribution is 1.14. The predicted octanol–water partition coefficient (Wildman–Crippen LogP) is 4.39. The Morgan fingerprint density at radius 2 is 1.94 bits per heavy atom. The Kier molecular flexibility index (Phi) is 2.77. The highest BCUT2D eigenvalue weighted by Crippen LogP contribution is 2.39. The Balaban J connectivity index is 2.18. The maximum absolute atomic E-state index is 6.30. The number of halogens is 1. The normalized spacial score (nSPS) is 13.9. The maximum Gasteiger partial charge on any atom is 0.0505 e. The van der Waals surface area contributed by atoms with Gasteiger partial charge in [-0.2, -0.15) is 0 Å². The van der Waals surface area contributed by atoms with Crippen LogP contribution in [-0.4, -0.2) is 7.05 Å². The zero-order valence-electron chi connectivity index (χ0n) is 9.48. The lowest BCUT2D eigenvalue weighted by Gasteiger charge is -2.17. The van der Waals surface area contributed by atoms with Crippen molar-refractivity contribution in [3.63, 3.8) is 0 Å². The average molecular weight is 262 g/mol. The van der Waals surface area contributed by atoms with Gasteiger partial charge in [0.1, 0.15) is 0 Å². The summed E-state index contributed by atoms with van der Waals surface area (Å²) in [5.41, 5.74) is 3.83. The molecule has 17 heavy (non-hydrogen) atoms. The number of fused-ring (bicyclic) bond motifs is 2. The highest BCUT2D eigenvalue weighted by Gasteiger charge is 2.18. The monoisotopic (exact) mass is 261 g/mol. The summed E-state index contributed by atoms with van der Waals surface area (Å²) in [7, 11) is 2.10. The smallest absolute Gasteiger partial charge is 0.0505 e. The molecule has 0 aliphatic carbocycles. The SMILES string of the molecule is CN1Sc2cccc(Cl)c2Cc2ccccc21. The third-order valence-corrected chi connectivity index (χ3v) is 4.41. The number of rotatable bonds is 0. The molecular formula is C14H12ClNS. The Labute approximate surface area is 111 Å². The van der Waals surface area contributed by atoms with Crippen molar-refractivity contribution >= 4 is 29.2 Å². The van der Waals surface area contributed by atoms with E-state index in [1.807, 2.05) is 12.1 Å². The van der Waals surface area contributed by atoms with Gasteiger partial charge < -0.3 is 4.31 Å². The van der Waals surface area contributed by atoms with Crippen LogP contribution < -0.4 is 4.31 Å². The number of hydrogen-bond donors (Lipinski definition) is 0. The molecule has 1 aliphatic heterocycles. The number of para-hydroxylation sites is 1. The molecule has 1 aliphatic rings. The second kappa shape index (κ2) is 4.28. The van der Waals surface area contributed by atoms with Crippen molar-refractivity contribution in [3.8, 4) is 0 Å². The van der Waals surface area contributed by atoms with Gasteiger partial charge in [-0.15, -0.1) is 0 Å². The largest absolute Gasteiger partial charge is 0.315 e. The number of nitrogens with zero attached hydrogens (tertiary/aromatic N) is 1. The first kappa shape index (κ1) is 11.0. The fraction of sp³-hybridized carbons (Fsp3) is 0.143. The second-order valence-electron chi connectivity index (χ2n) is 4.11. The van der Waals surface area contributed by atoms with E-state index in [1.54, 1.807) is 11.9 Å². The molecule has 0 aromatic heterocycles. The van der Waals surface area contributed by atoms with Crippen LogP contribution in [0, 0.1) is 0 Å². The topological polar surface area (TPSA) is 3.24 Å². The minimum atomic E-state index is 0.861. The van der Waals surface area contributed by atoms with Crippen LogP contribution in [0.5, 0.6) is 0 Å². The molecule has 0 radical (unpaired) electrons. The quantitative estimate of drug-likeness (QED) is 0.647. The molecular weight excluding hydrogens is 250 g/mol. The fourth-order valence-corrected chi connectivity index (χ4v) is 3.45. The average Bonchev–Trinajstić information content (AvgIpc) is 2.47. The minimum Gasteiger partial charge on any atom is -0.315 e. The summed E-state index contributed by atoms with van der Waals surface area (Å²) in [6.07, 6.45) is 0.905. The van der Waals surface area contributed by atoms with Crippen LogP contribution >= 0.6 is 23.5 Å². The molecule has 2 aromatic rings. The minimum absolute atomic E-state index is 0.861. The molecule has 0 unspecified atom stereocenters. The summed E-state index contributed by atoms with van der Waals surface area (Å²) in [6.45, 7) is 0. The summed E-state index contributed by atoms with van der Waals surface area (Å²) in [5.74, 6) is 0. The van der Waals surface area contributed by atoms with E-state index in [-0.39, 0.29) is 0 Å². The lowest BCUT2D eigenvalue weighted by Crippen LogP contribution is -2.06. The second-order valence-corrected chi connectivity index (χ2v) is 5.69. The van der Waals surface area contributed by atoms with Gasteiger partial charge in [-0.1, -0.05) is 35.9 Å². The molecule has 0 saturated carbocycles. The first-order chi connectivity index (χ1) is 8.25. The van der Waals surface area contributed by atoms with Crippen LogP contribution in [0.15, 0.2) is 47.4 Å². The van der Waals surface area contributed by atoms with E-state index in [0.717, 1.165) is 11.4 Å². The standard InChI is InChI=1S/C14H12ClNS/c1-16-13-7-3-2-5-10(13)9-11-12(15)6-4-8-14(11)17-16/h2-8H,9H2,1H3. The van der Waals surface area contributed by atoms with Gasteiger partial charge in [0.05, 0.1) is 5.69 Å². The first-order valence-electron chi connectivity index (χ1n) is 5.52. The van der Waals surface area contributed by atoms with Crippen LogP contribution in [0.2, 0.25) is 5.02 Å². The molecule has 2 aromatic carbocycles. The molecule has 1 heterocycles. The number of anilines is 1. The Morgan fingerprint density at radius 3 is 2.82 bits per heavy atom. The highest BCUT2D eigenvalue weighted by atomic mass is 35.5. The third-order valence-electron chi connectivity index (χ3n) is 3.01. The molecule has 0 saturated heterocycles. The van der Waals surface area contributed by atoms with E-state index in [9.17, 15) is 0 Å². The maximum atomic E-state index is 6.30. The van der Waals surface area contributed by atoms with Gasteiger partial charge in [0, 0.05) is 23.4 Å². The van der Waals surface area contributed by atoms with Crippen LogP contribution in [0.25, 0.3) is 0 Å². The Hall–Kier alpha value is -1.12. The summed E-state index contributed by atoms with van der Waals surface area (Å²) in [4.78, 5) is 1.25. The van der Waals surface area contributed by atoms with Crippen molar-refractivity contribution in [1.29, 1.82) is 0 Å². The summed E-state index contributed by atoms with van der Waals surface area (Å²) < 4.78 is 2.21. The van der Waals surface area contributed by atoms with E-state index in [0.29, 0.717) is 0 Å². The van der Waals surface area contributed by atoms with Gasteiger partial charge in [-0.25, -0.2) is 0 Å². The first-order valence-corrected chi connectivity index (χ1v) is 6.68. The lowest BCUT2D eigenvalue weighted by atomic mass is 10.0. The van der Waals surface area contributed by atoms with Gasteiger partial charge in [0.25, 0.3) is 0 Å². The molecule has 3 heteroatoms. The van der Waals surface area contributed by atoms with Crippen LogP contribution in [0.3, 0.4) is 0 Å². The van der Waals surface area contributed by atoms with Crippen molar-refractivity contribution in [1.82, 2.24) is 0 Å². The van der Waals surface area contributed by atoms with Gasteiger partial charge in [0.15, 0.2) is 0 Å². The summed E-state index contributed by atoms with van der Waals surface area (Å²) in [5, 5.41) is 0.861. The molecule has 0 bridgehead atoms. The molecule has 0 atom stereocenters. The van der Waals surface area contributed by atoms with Crippen molar-refractivity contribution in [2.75, 3.05) is 11.4 Å². The summed E-state index contributed by atoms with van der Waals surface area (Å²) >= 11 is 8.04. The predicted molar refractivity (Wildman–Crippen MR) is 75.0 cm³/mol. The van der Waals surface area contributed by atoms with Gasteiger partial charge >= 0.3 is 0 Å². The zero-order valence-corrected chi connectivity index (χ0v) is 11.1. The van der Waals surface area contributed by atoms with Crippen LogP contribution in [0.4, 0.5) is 5.69 Å². The van der Waals surface area contributed by atoms with Crippen molar-refractivity contribution in [2.45, 2.75) is 11.3 Å². The van der Waals surface area contributed by atoms with Crippen molar-refractivity contribution < 1.29 is 0 Å². The Bertz CT molecular complexity index is 568. The van der Waals surface area contributed by atoms with E-state index < -0.39 is 0 Å². The van der Waals surface area contributed by atoms with Gasteiger partial charge in [-0.05, 0) is 41.3 Å². The van der Waals surface area contributed by atoms with Crippen molar-refractivity contribution in [2.24, 2.45) is 0 Å². The Morgan fingerprint density at radius 1 is 1.12 bits per heavy atom. The molecule has 0 fully saturated rings. The molecule has 0 N–H and O–H groups in total.